The quantitative estimate of drug-likeness (QED) is 0.755. The summed E-state index contributed by atoms with van der Waals surface area (Å²) in [6.07, 6.45) is 8.13. The van der Waals surface area contributed by atoms with Gasteiger partial charge in [-0.15, -0.1) is 0 Å². The number of fused-ring (bicyclic) bond motifs is 2. The van der Waals surface area contributed by atoms with E-state index in [0.717, 1.165) is 11.3 Å². The first-order valence-corrected chi connectivity index (χ1v) is 6.13. The smallest absolute Gasteiger partial charge is 0.215 e. The van der Waals surface area contributed by atoms with Crippen molar-refractivity contribution >= 4 is 13.7 Å². The van der Waals surface area contributed by atoms with Crippen LogP contribution < -0.4 is 10.1 Å². The fourth-order valence-electron chi connectivity index (χ4n) is 2.61. The number of hydrogen-bond donors (Lipinski definition) is 1. The summed E-state index contributed by atoms with van der Waals surface area (Å²) in [6, 6.07) is 7.87. The summed E-state index contributed by atoms with van der Waals surface area (Å²) in [7, 11) is 1.55. The molecule has 3 atom stereocenters. The molecule has 1 aromatic carbocycles. The zero-order valence-electron chi connectivity index (χ0n) is 10.2. The zero-order chi connectivity index (χ0) is 12.5. The van der Waals surface area contributed by atoms with E-state index in [-0.39, 0.29) is 23.9 Å². The third-order valence-electron chi connectivity index (χ3n) is 3.39. The first kappa shape index (κ1) is 11.1. The molecule has 1 aromatic rings. The molecule has 4 heteroatoms. The Bertz CT molecular complexity index is 538. The highest BCUT2D eigenvalue weighted by molar-refractivity contribution is 6.57. The lowest BCUT2D eigenvalue weighted by atomic mass is 9.82. The molecule has 0 saturated carbocycles. The Morgan fingerprint density at radius 2 is 2.00 bits per heavy atom. The van der Waals surface area contributed by atoms with Crippen LogP contribution in [0.1, 0.15) is 11.6 Å². The molecule has 0 aromatic heterocycles. The molecule has 18 heavy (non-hydrogen) atoms. The van der Waals surface area contributed by atoms with Gasteiger partial charge in [-0.1, -0.05) is 36.4 Å². The van der Waals surface area contributed by atoms with Crippen molar-refractivity contribution in [3.8, 4) is 5.75 Å². The largest absolute Gasteiger partial charge is 0.485 e. The molecule has 1 heterocycles. The maximum absolute atomic E-state index is 11.4. The molecule has 0 bridgehead atoms. The molecule has 0 radical (unpaired) electrons. The molecule has 90 valence electrons. The molecule has 3 rings (SSSR count). The van der Waals surface area contributed by atoms with Gasteiger partial charge in [0, 0.05) is 11.5 Å². The first-order valence-electron chi connectivity index (χ1n) is 6.13. The third-order valence-corrected chi connectivity index (χ3v) is 3.39. The van der Waals surface area contributed by atoms with Crippen molar-refractivity contribution in [1.82, 2.24) is 5.32 Å². The molecule has 0 fully saturated rings. The number of carbonyl (C=O) groups is 1. The highest BCUT2D eigenvalue weighted by Gasteiger charge is 2.36. The molecule has 0 saturated heterocycles. The van der Waals surface area contributed by atoms with Gasteiger partial charge in [-0.2, -0.15) is 0 Å². The molecule has 1 N–H and O–H groups in total. The summed E-state index contributed by atoms with van der Waals surface area (Å²) in [5, 5.41) is 3.03. The number of allylic oxidation sites excluding steroid dienone is 2. The zero-order valence-corrected chi connectivity index (χ0v) is 10.2. The van der Waals surface area contributed by atoms with Crippen LogP contribution in [-0.4, -0.2) is 19.8 Å². The van der Waals surface area contributed by atoms with Gasteiger partial charge < -0.3 is 10.1 Å². The van der Waals surface area contributed by atoms with Crippen molar-refractivity contribution in [2.75, 3.05) is 0 Å². The number of hydrogen-bond acceptors (Lipinski definition) is 2. The molecule has 1 aliphatic heterocycles. The lowest BCUT2D eigenvalue weighted by molar-refractivity contribution is 0.147. The molecule has 0 spiro atoms. The van der Waals surface area contributed by atoms with E-state index in [1.807, 2.05) is 42.5 Å². The molecule has 3 unspecified atom stereocenters. The van der Waals surface area contributed by atoms with Gasteiger partial charge in [0.05, 0.1) is 6.04 Å². The van der Waals surface area contributed by atoms with Crippen LogP contribution in [0.3, 0.4) is 0 Å². The third kappa shape index (κ3) is 1.84. The average Bonchev–Trinajstić information content (AvgIpc) is 2.38. The van der Waals surface area contributed by atoms with Crippen LogP contribution in [0.25, 0.3) is 0 Å². The number of benzene rings is 1. The van der Waals surface area contributed by atoms with Gasteiger partial charge in [-0.3, -0.25) is 4.79 Å². The fourth-order valence-corrected chi connectivity index (χ4v) is 2.61. The summed E-state index contributed by atoms with van der Waals surface area (Å²) in [5.41, 5.74) is 1.05. The topological polar surface area (TPSA) is 38.3 Å². The van der Waals surface area contributed by atoms with Gasteiger partial charge in [-0.25, -0.2) is 0 Å². The Morgan fingerprint density at radius 3 is 2.83 bits per heavy atom. The fraction of sp³-hybridized carbons (Fsp3) is 0.214. The maximum atomic E-state index is 11.4. The van der Waals surface area contributed by atoms with E-state index < -0.39 is 0 Å². The summed E-state index contributed by atoms with van der Waals surface area (Å²) in [5.74, 6) is 1.00. The van der Waals surface area contributed by atoms with E-state index in [9.17, 15) is 4.79 Å². The van der Waals surface area contributed by atoms with Crippen molar-refractivity contribution in [1.29, 1.82) is 0 Å². The van der Waals surface area contributed by atoms with Crippen LogP contribution in [0.2, 0.25) is 0 Å². The predicted molar refractivity (Wildman–Crippen MR) is 72.4 cm³/mol. The van der Waals surface area contributed by atoms with Crippen molar-refractivity contribution in [3.05, 3.63) is 54.1 Å². The van der Waals surface area contributed by atoms with Gasteiger partial charge in [-0.05, 0) is 12.1 Å². The number of amides is 1. The number of ether oxygens (including phenoxy) is 1. The minimum atomic E-state index is -0.0154. The normalized spacial score (nSPS) is 27.9. The van der Waals surface area contributed by atoms with Crippen LogP contribution in [-0.2, 0) is 0 Å². The molecule has 2 aliphatic rings. The number of carbonyl (C=O) groups excluding carboxylic acids is 1. The van der Waals surface area contributed by atoms with E-state index >= 15 is 0 Å². The average molecular weight is 239 g/mol. The minimum absolute atomic E-state index is 0.00162. The Morgan fingerprint density at radius 1 is 1.22 bits per heavy atom. The Labute approximate surface area is 107 Å². The lowest BCUT2D eigenvalue weighted by Gasteiger charge is -2.38. The van der Waals surface area contributed by atoms with E-state index in [1.54, 1.807) is 7.85 Å². The monoisotopic (exact) mass is 239 g/mol. The van der Waals surface area contributed by atoms with Crippen molar-refractivity contribution in [3.63, 3.8) is 0 Å². The van der Waals surface area contributed by atoms with Crippen molar-refractivity contribution < 1.29 is 9.53 Å². The number of para-hydroxylation sites is 1. The van der Waals surface area contributed by atoms with Gasteiger partial charge in [0.25, 0.3) is 0 Å². The lowest BCUT2D eigenvalue weighted by Crippen LogP contribution is -2.42. The van der Waals surface area contributed by atoms with Gasteiger partial charge in [0.2, 0.25) is 7.85 Å². The van der Waals surface area contributed by atoms with Gasteiger partial charge in [0.15, 0.2) is 5.81 Å². The van der Waals surface area contributed by atoms with E-state index in [0.29, 0.717) is 0 Å². The first-order chi connectivity index (χ1) is 8.75. The van der Waals surface area contributed by atoms with Crippen LogP contribution in [0.15, 0.2) is 48.6 Å². The Balaban J connectivity index is 2.04. The second-order valence-electron chi connectivity index (χ2n) is 4.65. The second kappa shape index (κ2) is 4.37. The van der Waals surface area contributed by atoms with Gasteiger partial charge in [0.1, 0.15) is 11.9 Å². The van der Waals surface area contributed by atoms with E-state index in [2.05, 4.69) is 11.4 Å². The van der Waals surface area contributed by atoms with Crippen LogP contribution >= 0.6 is 0 Å². The van der Waals surface area contributed by atoms with Crippen molar-refractivity contribution in [2.45, 2.75) is 12.1 Å². The SMILES string of the molecule is BC(=O)NC1c2ccccc2OC2C=CC=CC21. The van der Waals surface area contributed by atoms with Crippen LogP contribution in [0.5, 0.6) is 5.75 Å². The standard InChI is InChI=1S/C14H14BNO2/c15-14(17)16-13-9-5-1-3-7-11(9)18-12-8-4-2-6-10(12)13/h1-9,11,13H,15H2,(H,16,17). The highest BCUT2D eigenvalue weighted by Crippen LogP contribution is 2.40. The molecular formula is C14H14BNO2. The van der Waals surface area contributed by atoms with Crippen LogP contribution in [0.4, 0.5) is 4.79 Å². The summed E-state index contributed by atoms with van der Waals surface area (Å²) < 4.78 is 5.96. The van der Waals surface area contributed by atoms with E-state index in [1.165, 1.54) is 0 Å². The van der Waals surface area contributed by atoms with E-state index in [4.69, 9.17) is 4.74 Å². The highest BCUT2D eigenvalue weighted by atomic mass is 16.5. The van der Waals surface area contributed by atoms with Crippen LogP contribution in [0, 0.1) is 5.92 Å². The summed E-state index contributed by atoms with van der Waals surface area (Å²) >= 11 is 0. The predicted octanol–water partition coefficient (Wildman–Crippen LogP) is 1.57. The molecular weight excluding hydrogens is 225 g/mol. The Kier molecular flexibility index (Phi) is 2.71. The van der Waals surface area contributed by atoms with Gasteiger partial charge >= 0.3 is 0 Å². The molecule has 1 aliphatic carbocycles. The minimum Gasteiger partial charge on any atom is -0.485 e. The number of rotatable bonds is 1. The second-order valence-corrected chi connectivity index (χ2v) is 4.65. The number of nitrogens with one attached hydrogen (secondary N) is 1. The molecule has 3 nitrogen and oxygen atoms in total. The van der Waals surface area contributed by atoms with Crippen molar-refractivity contribution in [2.24, 2.45) is 5.92 Å². The molecule has 1 amide bonds. The summed E-state index contributed by atoms with van der Waals surface area (Å²) in [4.78, 5) is 11.4. The maximum Gasteiger partial charge on any atom is 0.215 e. The Hall–Kier alpha value is -1.97. The summed E-state index contributed by atoms with van der Waals surface area (Å²) in [6.45, 7) is 0.